The summed E-state index contributed by atoms with van der Waals surface area (Å²) in [7, 11) is 0. The fraction of sp³-hybridized carbons (Fsp3) is 0.259. The number of hydrogen-bond acceptors (Lipinski definition) is 2. The molecular formula is C27H27NO2. The molecule has 0 saturated heterocycles. The second-order valence-electron chi connectivity index (χ2n) is 7.87. The molecule has 0 N–H and O–H groups in total. The van der Waals surface area contributed by atoms with Crippen molar-refractivity contribution in [2.75, 3.05) is 0 Å². The van der Waals surface area contributed by atoms with Crippen molar-refractivity contribution in [3.63, 3.8) is 0 Å². The summed E-state index contributed by atoms with van der Waals surface area (Å²) in [5.41, 5.74) is 5.43. The zero-order chi connectivity index (χ0) is 21.3. The van der Waals surface area contributed by atoms with E-state index >= 15 is 0 Å². The SMILES string of the molecule is CCCCn1c2ccc(C(C)=O)cc2c2cc(C(=O)c3ccccc3CC)ccc21. The van der Waals surface area contributed by atoms with Gasteiger partial charge in [0, 0.05) is 45.0 Å². The molecule has 4 rings (SSSR count). The Bertz CT molecular complexity index is 1260. The van der Waals surface area contributed by atoms with E-state index in [0.29, 0.717) is 11.1 Å². The molecule has 0 amide bonds. The Kier molecular flexibility index (Phi) is 5.54. The van der Waals surface area contributed by atoms with Crippen LogP contribution in [0, 0.1) is 0 Å². The number of hydrogen-bond donors (Lipinski definition) is 0. The van der Waals surface area contributed by atoms with Gasteiger partial charge in [-0.1, -0.05) is 44.5 Å². The molecule has 0 unspecified atom stereocenters. The highest BCUT2D eigenvalue weighted by atomic mass is 16.1. The van der Waals surface area contributed by atoms with Gasteiger partial charge in [-0.3, -0.25) is 9.59 Å². The number of unbranched alkanes of at least 4 members (excludes halogenated alkanes) is 1. The van der Waals surface area contributed by atoms with E-state index in [1.165, 1.54) is 0 Å². The quantitative estimate of drug-likeness (QED) is 0.330. The summed E-state index contributed by atoms with van der Waals surface area (Å²) in [6, 6.07) is 19.7. The molecule has 4 aromatic rings. The van der Waals surface area contributed by atoms with Crippen LogP contribution in [0.2, 0.25) is 0 Å². The molecule has 0 bridgehead atoms. The molecule has 0 spiro atoms. The first-order valence-electron chi connectivity index (χ1n) is 10.7. The Balaban J connectivity index is 1.92. The van der Waals surface area contributed by atoms with Gasteiger partial charge in [-0.05, 0) is 61.7 Å². The summed E-state index contributed by atoms with van der Waals surface area (Å²) in [4.78, 5) is 25.3. The van der Waals surface area contributed by atoms with E-state index in [-0.39, 0.29) is 11.6 Å². The molecule has 0 aliphatic rings. The zero-order valence-electron chi connectivity index (χ0n) is 17.9. The highest BCUT2D eigenvalue weighted by molar-refractivity contribution is 6.16. The van der Waals surface area contributed by atoms with E-state index in [2.05, 4.69) is 24.5 Å². The number of nitrogens with zero attached hydrogens (tertiary/aromatic N) is 1. The van der Waals surface area contributed by atoms with Gasteiger partial charge in [0.1, 0.15) is 0 Å². The van der Waals surface area contributed by atoms with Crippen LogP contribution in [-0.2, 0) is 13.0 Å². The third-order valence-electron chi connectivity index (χ3n) is 5.91. The first kappa shape index (κ1) is 20.1. The van der Waals surface area contributed by atoms with Crippen molar-refractivity contribution in [2.45, 2.75) is 46.6 Å². The first-order valence-corrected chi connectivity index (χ1v) is 10.7. The average molecular weight is 398 g/mol. The summed E-state index contributed by atoms with van der Waals surface area (Å²) < 4.78 is 2.31. The minimum Gasteiger partial charge on any atom is -0.340 e. The van der Waals surface area contributed by atoms with Gasteiger partial charge in [-0.2, -0.15) is 0 Å². The summed E-state index contributed by atoms with van der Waals surface area (Å²) in [6.45, 7) is 6.76. The number of benzene rings is 3. The Labute approximate surface area is 177 Å². The predicted molar refractivity (Wildman–Crippen MR) is 124 cm³/mol. The molecule has 152 valence electrons. The number of Topliss-reactive ketones (excluding diaryl/α,β-unsaturated/α-hetero) is 1. The maximum absolute atomic E-state index is 13.3. The van der Waals surface area contributed by atoms with Gasteiger partial charge in [0.05, 0.1) is 0 Å². The van der Waals surface area contributed by atoms with E-state index in [1.807, 2.05) is 54.6 Å². The van der Waals surface area contributed by atoms with E-state index < -0.39 is 0 Å². The third-order valence-corrected chi connectivity index (χ3v) is 5.91. The number of ketones is 2. The maximum Gasteiger partial charge on any atom is 0.193 e. The van der Waals surface area contributed by atoms with Crippen LogP contribution in [0.5, 0.6) is 0 Å². The number of aryl methyl sites for hydroxylation is 2. The van der Waals surface area contributed by atoms with Crippen molar-refractivity contribution in [1.29, 1.82) is 0 Å². The lowest BCUT2D eigenvalue weighted by Crippen LogP contribution is -2.05. The lowest BCUT2D eigenvalue weighted by Gasteiger charge is -2.08. The van der Waals surface area contributed by atoms with Gasteiger partial charge in [-0.15, -0.1) is 0 Å². The molecule has 30 heavy (non-hydrogen) atoms. The van der Waals surface area contributed by atoms with Crippen molar-refractivity contribution < 1.29 is 9.59 Å². The van der Waals surface area contributed by atoms with Gasteiger partial charge in [0.25, 0.3) is 0 Å². The lowest BCUT2D eigenvalue weighted by atomic mass is 9.96. The van der Waals surface area contributed by atoms with Crippen molar-refractivity contribution in [3.05, 3.63) is 82.9 Å². The van der Waals surface area contributed by atoms with E-state index in [9.17, 15) is 9.59 Å². The molecule has 0 fully saturated rings. The van der Waals surface area contributed by atoms with E-state index in [4.69, 9.17) is 0 Å². The number of aromatic nitrogens is 1. The molecule has 0 radical (unpaired) electrons. The Morgan fingerprint density at radius 2 is 1.47 bits per heavy atom. The lowest BCUT2D eigenvalue weighted by molar-refractivity contribution is 0.101. The van der Waals surface area contributed by atoms with Crippen LogP contribution >= 0.6 is 0 Å². The molecule has 0 atom stereocenters. The fourth-order valence-corrected chi connectivity index (χ4v) is 4.23. The minimum absolute atomic E-state index is 0.0477. The molecule has 3 aromatic carbocycles. The smallest absolute Gasteiger partial charge is 0.193 e. The van der Waals surface area contributed by atoms with E-state index in [1.54, 1.807) is 6.92 Å². The van der Waals surface area contributed by atoms with Crippen LogP contribution in [-0.4, -0.2) is 16.1 Å². The fourth-order valence-electron chi connectivity index (χ4n) is 4.23. The Morgan fingerprint density at radius 1 is 0.833 bits per heavy atom. The van der Waals surface area contributed by atoms with Gasteiger partial charge < -0.3 is 4.57 Å². The van der Waals surface area contributed by atoms with Crippen LogP contribution in [0.15, 0.2) is 60.7 Å². The van der Waals surface area contributed by atoms with Crippen LogP contribution in [0.3, 0.4) is 0 Å². The topological polar surface area (TPSA) is 39.1 Å². The summed E-state index contributed by atoms with van der Waals surface area (Å²) in [5.74, 6) is 0.0991. The Hall–Kier alpha value is -3.20. The van der Waals surface area contributed by atoms with Gasteiger partial charge in [-0.25, -0.2) is 0 Å². The molecule has 0 aliphatic carbocycles. The monoisotopic (exact) mass is 397 g/mol. The average Bonchev–Trinajstić information content (AvgIpc) is 3.09. The van der Waals surface area contributed by atoms with E-state index in [0.717, 1.165) is 58.7 Å². The largest absolute Gasteiger partial charge is 0.340 e. The highest BCUT2D eigenvalue weighted by Gasteiger charge is 2.17. The molecule has 3 heteroatoms. The highest BCUT2D eigenvalue weighted by Crippen LogP contribution is 2.32. The predicted octanol–water partition coefficient (Wildman–Crippen LogP) is 6.59. The zero-order valence-corrected chi connectivity index (χ0v) is 17.9. The molecule has 1 heterocycles. The van der Waals surface area contributed by atoms with Crippen molar-refractivity contribution >= 4 is 33.4 Å². The standard InChI is InChI=1S/C27H27NO2/c1-4-6-15-28-25-13-11-20(18(3)29)16-23(25)24-17-21(12-14-26(24)28)27(30)22-10-8-7-9-19(22)5-2/h7-14,16-17H,4-6,15H2,1-3H3. The number of carbonyl (C=O) groups excluding carboxylic acids is 2. The van der Waals surface area contributed by atoms with Crippen LogP contribution < -0.4 is 0 Å². The van der Waals surface area contributed by atoms with Crippen LogP contribution in [0.25, 0.3) is 21.8 Å². The van der Waals surface area contributed by atoms with Crippen molar-refractivity contribution in [1.82, 2.24) is 4.57 Å². The second kappa shape index (κ2) is 8.27. The van der Waals surface area contributed by atoms with Crippen LogP contribution in [0.1, 0.15) is 65.5 Å². The summed E-state index contributed by atoms with van der Waals surface area (Å²) >= 11 is 0. The number of fused-ring (bicyclic) bond motifs is 3. The molecule has 1 aromatic heterocycles. The summed E-state index contributed by atoms with van der Waals surface area (Å²) in [5, 5.41) is 2.07. The number of carbonyl (C=O) groups is 2. The normalized spacial score (nSPS) is 11.3. The summed E-state index contributed by atoms with van der Waals surface area (Å²) in [6.07, 6.45) is 3.01. The Morgan fingerprint density at radius 3 is 2.10 bits per heavy atom. The van der Waals surface area contributed by atoms with Crippen molar-refractivity contribution in [2.24, 2.45) is 0 Å². The van der Waals surface area contributed by atoms with Gasteiger partial charge in [0.15, 0.2) is 11.6 Å². The molecular weight excluding hydrogens is 370 g/mol. The molecule has 0 saturated carbocycles. The maximum atomic E-state index is 13.3. The van der Waals surface area contributed by atoms with Gasteiger partial charge >= 0.3 is 0 Å². The number of rotatable bonds is 7. The molecule has 3 nitrogen and oxygen atoms in total. The second-order valence-corrected chi connectivity index (χ2v) is 7.87. The first-order chi connectivity index (χ1) is 14.5. The minimum atomic E-state index is 0.0477. The molecule has 0 aliphatic heterocycles. The third kappa shape index (κ3) is 3.45. The van der Waals surface area contributed by atoms with Crippen LogP contribution in [0.4, 0.5) is 0 Å². The van der Waals surface area contributed by atoms with Crippen molar-refractivity contribution in [3.8, 4) is 0 Å². The van der Waals surface area contributed by atoms with Gasteiger partial charge in [0.2, 0.25) is 0 Å².